The van der Waals surface area contributed by atoms with Gasteiger partial charge in [0.25, 0.3) is 0 Å². The van der Waals surface area contributed by atoms with Gasteiger partial charge < -0.3 is 10.6 Å². The number of para-hydroxylation sites is 4. The van der Waals surface area contributed by atoms with Crippen LogP contribution in [0.15, 0.2) is 82.8 Å². The first-order chi connectivity index (χ1) is 18.9. The predicted octanol–water partition coefficient (Wildman–Crippen LogP) is 7.69. The Balaban J connectivity index is 1.48. The molecule has 40 heavy (non-hydrogen) atoms. The van der Waals surface area contributed by atoms with Gasteiger partial charge in [-0.3, -0.25) is 9.59 Å². The molecule has 0 radical (unpaired) electrons. The fourth-order valence-electron chi connectivity index (χ4n) is 4.29. The number of carbonyl (C=O) groups excluding carboxylic acids is 2. The summed E-state index contributed by atoms with van der Waals surface area (Å²) in [5, 5.41) is 7.38. The van der Waals surface area contributed by atoms with E-state index in [0.717, 1.165) is 33.5 Å². The molecule has 0 aliphatic rings. The minimum atomic E-state index is -0.121. The number of rotatable bonds is 8. The van der Waals surface area contributed by atoms with Gasteiger partial charge >= 0.3 is 0 Å². The van der Waals surface area contributed by atoms with E-state index in [4.69, 9.17) is 9.97 Å². The van der Waals surface area contributed by atoms with Gasteiger partial charge in [0.2, 0.25) is 11.8 Å². The molecule has 4 aromatic rings. The van der Waals surface area contributed by atoms with Crippen LogP contribution in [0.5, 0.6) is 0 Å². The highest BCUT2D eigenvalue weighted by Crippen LogP contribution is 2.33. The van der Waals surface area contributed by atoms with Crippen molar-refractivity contribution in [2.24, 2.45) is 0 Å². The van der Waals surface area contributed by atoms with E-state index in [0.29, 0.717) is 10.1 Å². The normalized spacial score (nSPS) is 11.8. The molecule has 2 N–H and O–H groups in total. The van der Waals surface area contributed by atoms with Gasteiger partial charge in [0.05, 0.1) is 22.5 Å². The largest absolute Gasteiger partial charge is 0.325 e. The lowest BCUT2D eigenvalue weighted by molar-refractivity contribution is -0.114. The van der Waals surface area contributed by atoms with E-state index in [1.165, 1.54) is 23.5 Å². The van der Waals surface area contributed by atoms with Crippen molar-refractivity contribution < 1.29 is 9.59 Å². The Bertz CT molecular complexity index is 1410. The van der Waals surface area contributed by atoms with Crippen LogP contribution in [0, 0.1) is 0 Å². The van der Waals surface area contributed by atoms with Crippen molar-refractivity contribution in [3.8, 4) is 0 Å². The molecular formula is C32H36N4O2S2. The zero-order valence-electron chi connectivity index (χ0n) is 23.9. The molecule has 0 saturated heterocycles. The highest BCUT2D eigenvalue weighted by atomic mass is 32.2. The zero-order valence-corrected chi connectivity index (χ0v) is 25.5. The van der Waals surface area contributed by atoms with E-state index in [9.17, 15) is 9.59 Å². The molecule has 0 fully saturated rings. The Labute approximate surface area is 245 Å². The molecule has 0 saturated carbocycles. The van der Waals surface area contributed by atoms with E-state index in [2.05, 4.69) is 52.2 Å². The van der Waals surface area contributed by atoms with Crippen LogP contribution in [0.1, 0.15) is 52.7 Å². The van der Waals surface area contributed by atoms with Gasteiger partial charge in [-0.2, -0.15) is 0 Å². The van der Waals surface area contributed by atoms with E-state index >= 15 is 0 Å². The first kappa shape index (κ1) is 29.6. The third-order valence-corrected chi connectivity index (χ3v) is 8.27. The van der Waals surface area contributed by atoms with Crippen molar-refractivity contribution in [1.82, 2.24) is 9.97 Å². The Morgan fingerprint density at radius 2 is 0.950 bits per heavy atom. The molecule has 4 rings (SSSR count). The second kappa shape index (κ2) is 12.4. The SMILES string of the molecule is CC(C)(C)c1ccccc1NC(=O)CSc1nc2ccccc2nc1SCC(=O)Nc1ccccc1C(C)(C)C. The molecule has 2 amide bonds. The summed E-state index contributed by atoms with van der Waals surface area (Å²) in [7, 11) is 0. The summed E-state index contributed by atoms with van der Waals surface area (Å²) in [4.78, 5) is 35.5. The Morgan fingerprint density at radius 3 is 1.32 bits per heavy atom. The monoisotopic (exact) mass is 572 g/mol. The maximum atomic E-state index is 13.0. The lowest BCUT2D eigenvalue weighted by atomic mass is 9.86. The van der Waals surface area contributed by atoms with E-state index in [-0.39, 0.29) is 34.2 Å². The number of amides is 2. The summed E-state index contributed by atoms with van der Waals surface area (Å²) in [5.41, 5.74) is 5.08. The molecule has 208 valence electrons. The number of anilines is 2. The smallest absolute Gasteiger partial charge is 0.234 e. The van der Waals surface area contributed by atoms with Crippen molar-refractivity contribution in [2.75, 3.05) is 22.1 Å². The predicted molar refractivity (Wildman–Crippen MR) is 169 cm³/mol. The summed E-state index contributed by atoms with van der Waals surface area (Å²) in [6.07, 6.45) is 0. The van der Waals surface area contributed by atoms with Crippen molar-refractivity contribution in [1.29, 1.82) is 0 Å². The summed E-state index contributed by atoms with van der Waals surface area (Å²) in [6.45, 7) is 12.7. The molecule has 6 nitrogen and oxygen atoms in total. The van der Waals surface area contributed by atoms with Gasteiger partial charge in [0.15, 0.2) is 0 Å². The topological polar surface area (TPSA) is 84.0 Å². The van der Waals surface area contributed by atoms with Gasteiger partial charge in [0, 0.05) is 11.4 Å². The summed E-state index contributed by atoms with van der Waals surface area (Å²) < 4.78 is 0. The van der Waals surface area contributed by atoms with Crippen LogP contribution >= 0.6 is 23.5 Å². The zero-order chi connectivity index (χ0) is 28.9. The number of benzene rings is 3. The number of nitrogens with one attached hydrogen (secondary N) is 2. The average molecular weight is 573 g/mol. The van der Waals surface area contributed by atoms with Crippen LogP contribution in [0.3, 0.4) is 0 Å². The molecule has 0 spiro atoms. The van der Waals surface area contributed by atoms with Crippen molar-refractivity contribution in [3.05, 3.63) is 83.9 Å². The van der Waals surface area contributed by atoms with Gasteiger partial charge in [-0.25, -0.2) is 9.97 Å². The molecule has 0 aliphatic heterocycles. The summed E-state index contributed by atoms with van der Waals surface area (Å²) in [5.74, 6) is 0.0994. The summed E-state index contributed by atoms with van der Waals surface area (Å²) in [6, 6.07) is 23.4. The van der Waals surface area contributed by atoms with E-state index < -0.39 is 0 Å². The number of fused-ring (bicyclic) bond motifs is 1. The standard InChI is InChI=1S/C32H36N4O2S2/c1-31(2,3)21-13-7-9-15-23(21)33-27(37)19-39-29-30(36-26-18-12-11-17-25(26)35-29)40-20-28(38)34-24-16-10-8-14-22(24)32(4,5)6/h7-18H,19-20H2,1-6H3,(H,33,37)(H,34,38). The fourth-order valence-corrected chi connectivity index (χ4v) is 5.99. The molecule has 0 bridgehead atoms. The Morgan fingerprint density at radius 1 is 0.600 bits per heavy atom. The van der Waals surface area contributed by atoms with Gasteiger partial charge in [0.1, 0.15) is 10.1 Å². The number of aromatic nitrogens is 2. The first-order valence-electron chi connectivity index (χ1n) is 13.2. The van der Waals surface area contributed by atoms with E-state index in [1.807, 2.05) is 72.8 Å². The number of carbonyl (C=O) groups is 2. The number of nitrogens with zero attached hydrogens (tertiary/aromatic N) is 2. The number of hydrogen-bond donors (Lipinski definition) is 2. The second-order valence-electron chi connectivity index (χ2n) is 11.6. The molecule has 8 heteroatoms. The van der Waals surface area contributed by atoms with Crippen molar-refractivity contribution in [3.63, 3.8) is 0 Å². The molecule has 0 unspecified atom stereocenters. The van der Waals surface area contributed by atoms with Crippen LogP contribution < -0.4 is 10.6 Å². The minimum Gasteiger partial charge on any atom is -0.325 e. The number of thioether (sulfide) groups is 2. The first-order valence-corrected chi connectivity index (χ1v) is 15.2. The van der Waals surface area contributed by atoms with Crippen molar-refractivity contribution >= 4 is 57.7 Å². The van der Waals surface area contributed by atoms with Crippen LogP contribution in [0.4, 0.5) is 11.4 Å². The van der Waals surface area contributed by atoms with E-state index in [1.54, 1.807) is 0 Å². The molecule has 1 aromatic heterocycles. The lowest BCUT2D eigenvalue weighted by Crippen LogP contribution is -2.20. The fraction of sp³-hybridized carbons (Fsp3) is 0.312. The quantitative estimate of drug-likeness (QED) is 0.211. The summed E-state index contributed by atoms with van der Waals surface area (Å²) >= 11 is 2.65. The van der Waals surface area contributed by atoms with Gasteiger partial charge in [-0.05, 0) is 46.2 Å². The Kier molecular flexibility index (Phi) is 9.21. The van der Waals surface area contributed by atoms with Gasteiger partial charge in [-0.1, -0.05) is 114 Å². The highest BCUT2D eigenvalue weighted by Gasteiger charge is 2.21. The molecule has 1 heterocycles. The van der Waals surface area contributed by atoms with Crippen LogP contribution in [-0.4, -0.2) is 33.3 Å². The molecule has 0 atom stereocenters. The third-order valence-electron chi connectivity index (χ3n) is 6.21. The molecule has 3 aromatic carbocycles. The van der Waals surface area contributed by atoms with Crippen LogP contribution in [-0.2, 0) is 20.4 Å². The molecule has 0 aliphatic carbocycles. The average Bonchev–Trinajstić information content (AvgIpc) is 2.90. The van der Waals surface area contributed by atoms with Gasteiger partial charge in [-0.15, -0.1) is 0 Å². The lowest BCUT2D eigenvalue weighted by Gasteiger charge is -2.23. The maximum absolute atomic E-state index is 13.0. The second-order valence-corrected chi connectivity index (χ2v) is 13.5. The minimum absolute atomic E-state index is 0.0986. The number of hydrogen-bond acceptors (Lipinski definition) is 6. The highest BCUT2D eigenvalue weighted by molar-refractivity contribution is 8.02. The Hall–Kier alpha value is -3.36. The van der Waals surface area contributed by atoms with Crippen molar-refractivity contribution in [2.45, 2.75) is 62.4 Å². The molecular weight excluding hydrogens is 537 g/mol. The van der Waals surface area contributed by atoms with Crippen LogP contribution in [0.25, 0.3) is 11.0 Å². The third kappa shape index (κ3) is 7.64. The maximum Gasteiger partial charge on any atom is 0.234 e. The van der Waals surface area contributed by atoms with Crippen LogP contribution in [0.2, 0.25) is 0 Å².